The molecule has 142 valence electrons. The number of hydrogen-bond acceptors (Lipinski definition) is 3. The molecule has 3 atom stereocenters. The highest BCUT2D eigenvalue weighted by atomic mass is 35.5. The van der Waals surface area contributed by atoms with Gasteiger partial charge in [-0.2, -0.15) is 0 Å². The molecule has 0 amide bonds. The molecule has 0 spiro atoms. The highest BCUT2D eigenvalue weighted by molar-refractivity contribution is 6.39. The maximum absolute atomic E-state index is 6.41. The summed E-state index contributed by atoms with van der Waals surface area (Å²) in [4.78, 5) is 0. The molecule has 1 fully saturated rings. The van der Waals surface area contributed by atoms with Crippen LogP contribution < -0.4 is 0 Å². The largest absolute Gasteiger partial charge is 0.373 e. The van der Waals surface area contributed by atoms with Gasteiger partial charge in [-0.25, -0.2) is 0 Å². The third kappa shape index (κ3) is 4.11. The lowest BCUT2D eigenvalue weighted by molar-refractivity contribution is 0.0135. The predicted octanol–water partition coefficient (Wildman–Crippen LogP) is 6.94. The van der Waals surface area contributed by atoms with Crippen LogP contribution >= 0.6 is 23.2 Å². The van der Waals surface area contributed by atoms with Crippen molar-refractivity contribution in [2.45, 2.75) is 65.6 Å². The molecule has 2 aromatic rings. The van der Waals surface area contributed by atoms with Crippen molar-refractivity contribution in [3.05, 3.63) is 39.6 Å². The monoisotopic (exact) mass is 395 g/mol. The van der Waals surface area contributed by atoms with E-state index in [-0.39, 0.29) is 0 Å². The van der Waals surface area contributed by atoms with Crippen LogP contribution in [0.15, 0.2) is 22.7 Å². The average molecular weight is 396 g/mol. The maximum Gasteiger partial charge on any atom is 0.142 e. The van der Waals surface area contributed by atoms with Crippen molar-refractivity contribution in [1.82, 2.24) is 5.16 Å². The first-order chi connectivity index (χ1) is 12.5. The van der Waals surface area contributed by atoms with Gasteiger partial charge in [0.2, 0.25) is 0 Å². The number of benzene rings is 1. The molecule has 1 aliphatic rings. The Balaban J connectivity index is 1.89. The van der Waals surface area contributed by atoms with Gasteiger partial charge in [-0.1, -0.05) is 61.6 Å². The predicted molar refractivity (Wildman–Crippen MR) is 107 cm³/mol. The van der Waals surface area contributed by atoms with Crippen LogP contribution in [0.1, 0.15) is 57.8 Å². The van der Waals surface area contributed by atoms with E-state index in [9.17, 15) is 0 Å². The molecular formula is C21H27Cl2NO2. The van der Waals surface area contributed by atoms with Crippen molar-refractivity contribution in [2.75, 3.05) is 0 Å². The lowest BCUT2D eigenvalue weighted by atomic mass is 10.0. The highest BCUT2D eigenvalue weighted by Gasteiger charge is 2.32. The van der Waals surface area contributed by atoms with E-state index in [4.69, 9.17) is 32.5 Å². The zero-order chi connectivity index (χ0) is 18.7. The Kier molecular flexibility index (Phi) is 6.65. The quantitative estimate of drug-likeness (QED) is 0.508. The normalized spacial score (nSPS) is 22.9. The lowest BCUT2D eigenvalue weighted by Gasteiger charge is -2.19. The van der Waals surface area contributed by atoms with Crippen LogP contribution in [0, 0.1) is 11.8 Å². The Hall–Kier alpha value is -1.03. The number of aromatic nitrogens is 1. The summed E-state index contributed by atoms with van der Waals surface area (Å²) in [6, 6.07) is 5.49. The number of hydrogen-bond donors (Lipinski definition) is 0. The first-order valence-corrected chi connectivity index (χ1v) is 10.3. The van der Waals surface area contributed by atoms with Crippen LogP contribution in [-0.2, 0) is 17.8 Å². The molecule has 5 heteroatoms. The molecule has 1 aromatic carbocycles. The summed E-state index contributed by atoms with van der Waals surface area (Å²) in [5.74, 6) is 2.23. The fraction of sp³-hybridized carbons (Fsp3) is 0.571. The van der Waals surface area contributed by atoms with Crippen LogP contribution in [0.5, 0.6) is 0 Å². The number of rotatable bonds is 7. The van der Waals surface area contributed by atoms with Gasteiger partial charge in [-0.15, -0.1) is 0 Å². The van der Waals surface area contributed by atoms with Gasteiger partial charge in [0.1, 0.15) is 11.5 Å². The molecule has 0 aliphatic heterocycles. The van der Waals surface area contributed by atoms with E-state index in [1.165, 1.54) is 6.42 Å². The van der Waals surface area contributed by atoms with E-state index < -0.39 is 0 Å². The first-order valence-electron chi connectivity index (χ1n) is 9.58. The van der Waals surface area contributed by atoms with Gasteiger partial charge in [0, 0.05) is 17.5 Å². The molecule has 26 heavy (non-hydrogen) atoms. The van der Waals surface area contributed by atoms with Crippen LogP contribution in [0.4, 0.5) is 0 Å². The third-order valence-corrected chi connectivity index (χ3v) is 6.01. The van der Waals surface area contributed by atoms with Crippen molar-refractivity contribution in [3.63, 3.8) is 0 Å². The average Bonchev–Trinajstić information content (AvgIpc) is 3.16. The summed E-state index contributed by atoms with van der Waals surface area (Å²) in [6.45, 7) is 7.17. The van der Waals surface area contributed by atoms with Crippen molar-refractivity contribution in [1.29, 1.82) is 0 Å². The minimum atomic E-state index is 0.300. The van der Waals surface area contributed by atoms with Gasteiger partial charge >= 0.3 is 0 Å². The molecule has 3 unspecified atom stereocenters. The number of halogens is 2. The number of aryl methyl sites for hydroxylation is 1. The molecule has 3 nitrogen and oxygen atoms in total. The molecule has 0 radical (unpaired) electrons. The van der Waals surface area contributed by atoms with Gasteiger partial charge in [0.05, 0.1) is 22.8 Å². The second-order valence-corrected chi connectivity index (χ2v) is 8.19. The van der Waals surface area contributed by atoms with E-state index in [1.54, 1.807) is 0 Å². The molecule has 0 bridgehead atoms. The van der Waals surface area contributed by atoms with Crippen LogP contribution in [-0.4, -0.2) is 11.3 Å². The van der Waals surface area contributed by atoms with Gasteiger partial charge in [0.15, 0.2) is 0 Å². The number of nitrogens with zero attached hydrogens (tertiary/aromatic N) is 1. The Morgan fingerprint density at radius 3 is 2.58 bits per heavy atom. The highest BCUT2D eigenvalue weighted by Crippen LogP contribution is 2.39. The zero-order valence-corrected chi connectivity index (χ0v) is 17.2. The lowest BCUT2D eigenvalue weighted by Crippen LogP contribution is -2.18. The summed E-state index contributed by atoms with van der Waals surface area (Å²) in [6.07, 6.45) is 5.63. The molecule has 1 saturated carbocycles. The van der Waals surface area contributed by atoms with E-state index in [2.05, 4.69) is 25.9 Å². The maximum atomic E-state index is 6.41. The summed E-state index contributed by atoms with van der Waals surface area (Å²) in [5, 5.41) is 5.46. The van der Waals surface area contributed by atoms with E-state index in [0.29, 0.717) is 34.4 Å². The smallest absolute Gasteiger partial charge is 0.142 e. The molecule has 1 aliphatic carbocycles. The standard InChI is InChI=1S/C21H27Cl2NO2/c1-4-7-18-15(12-25-19-11-13(3)10-14(19)5-2)21(24-26-18)20-16(22)8-6-9-17(20)23/h6,8-9,13-14,19H,4-5,7,10-12H2,1-3H3. The zero-order valence-electron chi connectivity index (χ0n) is 15.7. The van der Waals surface area contributed by atoms with Gasteiger partial charge in [-0.3, -0.25) is 0 Å². The summed E-state index contributed by atoms with van der Waals surface area (Å²) < 4.78 is 12.0. The van der Waals surface area contributed by atoms with E-state index >= 15 is 0 Å². The molecule has 3 rings (SSSR count). The molecule has 0 saturated heterocycles. The van der Waals surface area contributed by atoms with Crippen LogP contribution in [0.2, 0.25) is 10.0 Å². The Bertz CT molecular complexity index is 723. The molecule has 0 N–H and O–H groups in total. The minimum absolute atomic E-state index is 0.300. The van der Waals surface area contributed by atoms with Crippen molar-refractivity contribution >= 4 is 23.2 Å². The molecule has 1 heterocycles. The topological polar surface area (TPSA) is 35.3 Å². The Morgan fingerprint density at radius 1 is 1.19 bits per heavy atom. The van der Waals surface area contributed by atoms with E-state index in [1.807, 2.05) is 18.2 Å². The van der Waals surface area contributed by atoms with Gasteiger partial charge in [0.25, 0.3) is 0 Å². The summed E-state index contributed by atoms with van der Waals surface area (Å²) in [7, 11) is 0. The van der Waals surface area contributed by atoms with Crippen LogP contribution in [0.25, 0.3) is 11.3 Å². The fourth-order valence-electron chi connectivity index (χ4n) is 4.01. The molecular weight excluding hydrogens is 369 g/mol. The summed E-state index contributed by atoms with van der Waals surface area (Å²) >= 11 is 12.8. The first kappa shape index (κ1) is 19.7. The van der Waals surface area contributed by atoms with Crippen molar-refractivity contribution < 1.29 is 9.26 Å². The Labute approximate surface area is 166 Å². The Morgan fingerprint density at radius 2 is 1.92 bits per heavy atom. The van der Waals surface area contributed by atoms with Gasteiger partial charge < -0.3 is 9.26 Å². The van der Waals surface area contributed by atoms with Crippen molar-refractivity contribution in [2.24, 2.45) is 11.8 Å². The molecule has 1 aromatic heterocycles. The third-order valence-electron chi connectivity index (χ3n) is 5.38. The minimum Gasteiger partial charge on any atom is -0.373 e. The fourth-order valence-corrected chi connectivity index (χ4v) is 4.59. The second kappa shape index (κ2) is 8.77. The van der Waals surface area contributed by atoms with Crippen LogP contribution in [0.3, 0.4) is 0 Å². The number of ether oxygens (including phenoxy) is 1. The van der Waals surface area contributed by atoms with Crippen molar-refractivity contribution in [3.8, 4) is 11.3 Å². The SMILES string of the molecule is CCCc1onc(-c2c(Cl)cccc2Cl)c1COC1CC(C)CC1CC. The summed E-state index contributed by atoms with van der Waals surface area (Å²) in [5.41, 5.74) is 2.42. The second-order valence-electron chi connectivity index (χ2n) is 7.37. The van der Waals surface area contributed by atoms with E-state index in [0.717, 1.165) is 48.5 Å². The van der Waals surface area contributed by atoms with Gasteiger partial charge in [-0.05, 0) is 43.2 Å².